The van der Waals surface area contributed by atoms with Crippen molar-refractivity contribution in [2.45, 2.75) is 0 Å². The number of halogens is 1. The van der Waals surface area contributed by atoms with E-state index in [0.29, 0.717) is 5.69 Å². The number of nitrogens with zero attached hydrogens (tertiary/aromatic N) is 2. The molecule has 0 bridgehead atoms. The highest BCUT2D eigenvalue weighted by Gasteiger charge is 2.04. The van der Waals surface area contributed by atoms with E-state index >= 15 is 0 Å². The number of carbonyl (C=O) groups excluding carboxylic acids is 1. The van der Waals surface area contributed by atoms with E-state index in [1.54, 1.807) is 18.5 Å². The molecule has 0 aliphatic heterocycles. The largest absolute Gasteiger partial charge is 0.305 e. The van der Waals surface area contributed by atoms with E-state index in [1.165, 1.54) is 7.85 Å². The zero-order valence-electron chi connectivity index (χ0n) is 7.49. The van der Waals surface area contributed by atoms with Crippen LogP contribution in [0.2, 0.25) is 0 Å². The first-order chi connectivity index (χ1) is 6.68. The highest BCUT2D eigenvalue weighted by atomic mass is 79.9. The van der Waals surface area contributed by atoms with Crippen molar-refractivity contribution in [1.82, 2.24) is 9.97 Å². The fraction of sp³-hybridized carbons (Fsp3) is 0. The fourth-order valence-electron chi connectivity index (χ4n) is 1.21. The van der Waals surface area contributed by atoms with Crippen LogP contribution in [0.3, 0.4) is 0 Å². The van der Waals surface area contributed by atoms with Gasteiger partial charge in [-0.2, -0.15) is 0 Å². The van der Waals surface area contributed by atoms with Gasteiger partial charge in [0.25, 0.3) is 0 Å². The number of aromatic nitrogens is 2. The molecule has 0 aliphatic rings. The summed E-state index contributed by atoms with van der Waals surface area (Å²) in [5.74, 6) is 0. The van der Waals surface area contributed by atoms with Crippen LogP contribution in [0.5, 0.6) is 0 Å². The molecule has 2 aromatic heterocycles. The predicted molar refractivity (Wildman–Crippen MR) is 60.1 cm³/mol. The van der Waals surface area contributed by atoms with E-state index < -0.39 is 0 Å². The molecular weight excluding hydrogens is 243 g/mol. The summed E-state index contributed by atoms with van der Waals surface area (Å²) in [7, 11) is 1.50. The van der Waals surface area contributed by atoms with E-state index in [2.05, 4.69) is 25.9 Å². The molecule has 0 saturated heterocycles. The van der Waals surface area contributed by atoms with E-state index in [0.717, 1.165) is 15.4 Å². The molecule has 0 radical (unpaired) electrons. The van der Waals surface area contributed by atoms with Gasteiger partial charge in [-0.1, -0.05) is 0 Å². The number of fused-ring (bicyclic) bond motifs is 1. The van der Waals surface area contributed by atoms with Crippen LogP contribution < -0.4 is 0 Å². The van der Waals surface area contributed by atoms with Crippen LogP contribution in [-0.4, -0.2) is 23.5 Å². The van der Waals surface area contributed by atoms with Crippen LogP contribution in [0.4, 0.5) is 0 Å². The Kier molecular flexibility index (Phi) is 2.33. The average Bonchev–Trinajstić information content (AvgIpc) is 2.18. The molecule has 0 atom stereocenters. The fourth-order valence-corrected chi connectivity index (χ4v) is 1.64. The van der Waals surface area contributed by atoms with Crippen LogP contribution >= 0.6 is 15.9 Å². The van der Waals surface area contributed by atoms with Gasteiger partial charge in [-0.25, -0.2) is 4.98 Å². The van der Waals surface area contributed by atoms with E-state index in [9.17, 15) is 4.79 Å². The Morgan fingerprint density at radius 1 is 1.36 bits per heavy atom. The maximum Gasteiger partial charge on any atom is 0.195 e. The topological polar surface area (TPSA) is 42.9 Å². The summed E-state index contributed by atoms with van der Waals surface area (Å²) in [6, 6.07) is 3.55. The molecule has 3 nitrogen and oxygen atoms in total. The average molecular weight is 249 g/mol. The second kappa shape index (κ2) is 3.50. The van der Waals surface area contributed by atoms with Crippen molar-refractivity contribution in [3.63, 3.8) is 0 Å². The number of carbonyl (C=O) groups is 1. The lowest BCUT2D eigenvalue weighted by molar-refractivity contribution is 0.107. The molecule has 0 aliphatic carbocycles. The van der Waals surface area contributed by atoms with Crippen molar-refractivity contribution < 1.29 is 4.79 Å². The minimum atomic E-state index is -0.0318. The van der Waals surface area contributed by atoms with Gasteiger partial charge in [0.2, 0.25) is 0 Å². The highest BCUT2D eigenvalue weighted by Crippen LogP contribution is 2.20. The molecule has 2 aromatic rings. The Morgan fingerprint density at radius 2 is 2.14 bits per heavy atom. The Labute approximate surface area is 90.1 Å². The third-order valence-electron chi connectivity index (χ3n) is 1.91. The first kappa shape index (κ1) is 9.33. The zero-order valence-corrected chi connectivity index (χ0v) is 9.08. The van der Waals surface area contributed by atoms with Gasteiger partial charge in [-0.05, 0) is 28.1 Å². The Morgan fingerprint density at radius 3 is 2.86 bits per heavy atom. The van der Waals surface area contributed by atoms with Gasteiger partial charge >= 0.3 is 0 Å². The Hall–Kier alpha value is -1.23. The lowest BCUT2D eigenvalue weighted by atomic mass is 9.99. The van der Waals surface area contributed by atoms with Crippen molar-refractivity contribution in [2.24, 2.45) is 0 Å². The van der Waals surface area contributed by atoms with Gasteiger partial charge in [0.05, 0.1) is 15.7 Å². The Balaban J connectivity index is 2.76. The molecule has 0 unspecified atom stereocenters. The van der Waals surface area contributed by atoms with Gasteiger partial charge in [-0.3, -0.25) is 4.98 Å². The molecule has 14 heavy (non-hydrogen) atoms. The third kappa shape index (κ3) is 1.55. The number of rotatable bonds is 1. The molecule has 0 N–H and O–H groups in total. The van der Waals surface area contributed by atoms with Crippen molar-refractivity contribution in [3.05, 3.63) is 34.7 Å². The summed E-state index contributed by atoms with van der Waals surface area (Å²) < 4.78 is 0.804. The SMILES string of the molecule is BC(=O)c1ccc2cncc(Br)c2n1. The molecule has 0 spiro atoms. The highest BCUT2D eigenvalue weighted by molar-refractivity contribution is 9.10. The Bertz CT molecular complexity index is 515. The van der Waals surface area contributed by atoms with Crippen LogP contribution in [0.15, 0.2) is 29.0 Å². The number of hydrogen-bond donors (Lipinski definition) is 0. The number of hydrogen-bond acceptors (Lipinski definition) is 3. The van der Waals surface area contributed by atoms with Crippen molar-refractivity contribution in [2.75, 3.05) is 0 Å². The minimum Gasteiger partial charge on any atom is -0.305 e. The molecule has 0 amide bonds. The second-order valence-electron chi connectivity index (χ2n) is 2.95. The third-order valence-corrected chi connectivity index (χ3v) is 2.50. The molecule has 0 fully saturated rings. The lowest BCUT2D eigenvalue weighted by Crippen LogP contribution is -2.00. The number of pyridine rings is 2. The van der Waals surface area contributed by atoms with Gasteiger partial charge in [0.1, 0.15) is 5.68 Å². The summed E-state index contributed by atoms with van der Waals surface area (Å²) in [5, 5.41) is 0.921. The molecule has 2 rings (SSSR count). The monoisotopic (exact) mass is 248 g/mol. The van der Waals surface area contributed by atoms with E-state index in [1.807, 2.05) is 6.07 Å². The smallest absolute Gasteiger partial charge is 0.195 e. The normalized spacial score (nSPS) is 10.4. The van der Waals surface area contributed by atoms with Crippen molar-refractivity contribution in [1.29, 1.82) is 0 Å². The minimum absolute atomic E-state index is 0.0318. The zero-order chi connectivity index (χ0) is 10.1. The molecule has 5 heteroatoms. The summed E-state index contributed by atoms with van der Waals surface area (Å²) in [6.45, 7) is 0. The molecule has 68 valence electrons. The quantitative estimate of drug-likeness (QED) is 0.712. The van der Waals surface area contributed by atoms with E-state index in [4.69, 9.17) is 0 Å². The summed E-state index contributed by atoms with van der Waals surface area (Å²) in [4.78, 5) is 19.4. The standard InChI is InChI=1S/C9H6BBrN2O/c10-9(14)7-2-1-5-3-12-4-6(11)8(5)13-7/h1-4H,10H2. The predicted octanol–water partition coefficient (Wildman–Crippen LogP) is 1.17. The molecular formula is C9H6BBrN2O. The lowest BCUT2D eigenvalue weighted by Gasteiger charge is -2.00. The van der Waals surface area contributed by atoms with Crippen LogP contribution in [0, 0.1) is 0 Å². The first-order valence-electron chi connectivity index (χ1n) is 4.09. The molecule has 0 aromatic carbocycles. The first-order valence-corrected chi connectivity index (χ1v) is 4.89. The second-order valence-corrected chi connectivity index (χ2v) is 3.80. The summed E-state index contributed by atoms with van der Waals surface area (Å²) >= 11 is 3.34. The van der Waals surface area contributed by atoms with Crippen LogP contribution in [-0.2, 0) is 0 Å². The van der Waals surface area contributed by atoms with Crippen LogP contribution in [0.25, 0.3) is 10.9 Å². The summed E-state index contributed by atoms with van der Waals surface area (Å²) in [6.07, 6.45) is 3.39. The maximum absolute atomic E-state index is 11.1. The molecule has 2 heterocycles. The van der Waals surface area contributed by atoms with Gasteiger partial charge < -0.3 is 4.79 Å². The molecule has 0 saturated carbocycles. The maximum atomic E-state index is 11.1. The van der Waals surface area contributed by atoms with Crippen molar-refractivity contribution in [3.8, 4) is 0 Å². The summed E-state index contributed by atoms with van der Waals surface area (Å²) in [5.41, 5.74) is 1.22. The van der Waals surface area contributed by atoms with E-state index in [-0.39, 0.29) is 5.68 Å². The van der Waals surface area contributed by atoms with Gasteiger partial charge in [0.15, 0.2) is 7.85 Å². The van der Waals surface area contributed by atoms with Crippen LogP contribution in [0.1, 0.15) is 10.5 Å². The van der Waals surface area contributed by atoms with Crippen molar-refractivity contribution >= 4 is 40.4 Å². The van der Waals surface area contributed by atoms with Gasteiger partial charge in [-0.15, -0.1) is 0 Å². The van der Waals surface area contributed by atoms with Gasteiger partial charge in [0, 0.05) is 17.8 Å².